The topological polar surface area (TPSA) is 98.1 Å². The summed E-state index contributed by atoms with van der Waals surface area (Å²) < 4.78 is 5.82. The molecule has 0 aliphatic rings. The molecule has 0 aliphatic carbocycles. The summed E-state index contributed by atoms with van der Waals surface area (Å²) >= 11 is 6.07. The van der Waals surface area contributed by atoms with E-state index in [4.69, 9.17) is 22.1 Å². The summed E-state index contributed by atoms with van der Waals surface area (Å²) in [6, 6.07) is 18.2. The first-order valence-corrected chi connectivity index (χ1v) is 11.1. The fraction of sp³-hybridized carbons (Fsp3) is 0.0741. The number of ketones is 1. The number of pyridine rings is 1. The van der Waals surface area contributed by atoms with Gasteiger partial charge in [-0.2, -0.15) is 0 Å². The molecular weight excluding hydrogens is 450 g/mol. The highest BCUT2D eigenvalue weighted by Gasteiger charge is 2.16. The van der Waals surface area contributed by atoms with Crippen LogP contribution in [-0.2, 0) is 6.42 Å². The van der Waals surface area contributed by atoms with Gasteiger partial charge in [-0.3, -0.25) is 14.6 Å². The maximum Gasteiger partial charge on any atom is 0.248 e. The number of nitrogens with one attached hydrogen (secondary N) is 1. The molecule has 6 nitrogen and oxygen atoms in total. The van der Waals surface area contributed by atoms with Crippen LogP contribution >= 0.6 is 11.6 Å². The van der Waals surface area contributed by atoms with Gasteiger partial charge in [0.15, 0.2) is 5.78 Å². The first-order valence-electron chi connectivity index (χ1n) is 10.7. The number of hydrogen-bond acceptors (Lipinski definition) is 4. The Labute approximate surface area is 200 Å². The number of fused-ring (bicyclic) bond motifs is 2. The van der Waals surface area contributed by atoms with Crippen LogP contribution < -0.4 is 10.5 Å². The Bertz CT molecular complexity index is 1540. The number of halogens is 1. The Balaban J connectivity index is 1.37. The standard InChI is InChI=1S/C27H20ClN3O3/c28-19-5-3-16-10-17(23(27(29)33)12-18(16)11-19)4-8-26(32)24-15-31-25-13-20(6-7-22(24)25)34-21-2-1-9-30-14-21/h1-3,5-7,9-15,31H,4,8H2,(H2,29,33). The van der Waals surface area contributed by atoms with Crippen molar-refractivity contribution in [2.24, 2.45) is 5.73 Å². The number of nitrogens with two attached hydrogens (primary N) is 1. The van der Waals surface area contributed by atoms with Gasteiger partial charge in [-0.25, -0.2) is 0 Å². The minimum atomic E-state index is -0.530. The number of amides is 1. The van der Waals surface area contributed by atoms with Gasteiger partial charge >= 0.3 is 0 Å². The Morgan fingerprint density at radius 3 is 2.65 bits per heavy atom. The third-order valence-corrected chi connectivity index (χ3v) is 5.97. The quantitative estimate of drug-likeness (QED) is 0.282. The molecule has 2 heterocycles. The second-order valence-corrected chi connectivity index (χ2v) is 8.43. The van der Waals surface area contributed by atoms with E-state index in [1.807, 2.05) is 36.4 Å². The first-order chi connectivity index (χ1) is 16.5. The molecule has 3 N–H and O–H groups in total. The van der Waals surface area contributed by atoms with Gasteiger partial charge in [0.2, 0.25) is 5.91 Å². The zero-order chi connectivity index (χ0) is 23.7. The van der Waals surface area contributed by atoms with Crippen molar-refractivity contribution in [2.75, 3.05) is 0 Å². The normalized spacial score (nSPS) is 11.1. The van der Waals surface area contributed by atoms with Crippen LogP contribution in [0.25, 0.3) is 21.7 Å². The van der Waals surface area contributed by atoms with E-state index in [-0.39, 0.29) is 12.2 Å². The third-order valence-electron chi connectivity index (χ3n) is 5.73. The van der Waals surface area contributed by atoms with Crippen LogP contribution in [0.4, 0.5) is 0 Å². The van der Waals surface area contributed by atoms with Gasteiger partial charge in [0.05, 0.1) is 6.20 Å². The maximum atomic E-state index is 13.1. The Morgan fingerprint density at radius 2 is 1.85 bits per heavy atom. The highest BCUT2D eigenvalue weighted by molar-refractivity contribution is 6.31. The van der Waals surface area contributed by atoms with Crippen molar-refractivity contribution < 1.29 is 14.3 Å². The summed E-state index contributed by atoms with van der Waals surface area (Å²) in [6.07, 6.45) is 5.65. The van der Waals surface area contributed by atoms with E-state index in [9.17, 15) is 9.59 Å². The molecule has 0 saturated carbocycles. The van der Waals surface area contributed by atoms with Gasteiger partial charge in [0.1, 0.15) is 11.5 Å². The monoisotopic (exact) mass is 469 g/mol. The Morgan fingerprint density at radius 1 is 0.971 bits per heavy atom. The number of aromatic nitrogens is 2. The van der Waals surface area contributed by atoms with Gasteiger partial charge in [0, 0.05) is 51.9 Å². The van der Waals surface area contributed by atoms with Crippen molar-refractivity contribution in [3.63, 3.8) is 0 Å². The van der Waals surface area contributed by atoms with E-state index in [2.05, 4.69) is 9.97 Å². The van der Waals surface area contributed by atoms with Gasteiger partial charge in [0.25, 0.3) is 0 Å². The largest absolute Gasteiger partial charge is 0.456 e. The SMILES string of the molecule is NC(=O)c1cc2cc(Cl)ccc2cc1CCC(=O)c1c[nH]c2cc(Oc3cccnc3)ccc12. The van der Waals surface area contributed by atoms with Crippen LogP contribution in [-0.4, -0.2) is 21.7 Å². The van der Waals surface area contributed by atoms with E-state index in [0.29, 0.717) is 34.1 Å². The number of nitrogens with zero attached hydrogens (tertiary/aromatic N) is 1. The molecule has 5 rings (SSSR count). The molecule has 1 amide bonds. The van der Waals surface area contributed by atoms with Crippen LogP contribution in [0.2, 0.25) is 5.02 Å². The lowest BCUT2D eigenvalue weighted by atomic mass is 9.95. The van der Waals surface area contributed by atoms with Crippen LogP contribution in [0, 0.1) is 0 Å². The van der Waals surface area contributed by atoms with Crippen LogP contribution in [0.3, 0.4) is 0 Å². The molecule has 0 unspecified atom stereocenters. The number of primary amides is 1. The average Bonchev–Trinajstić information content (AvgIpc) is 3.26. The summed E-state index contributed by atoms with van der Waals surface area (Å²) in [4.78, 5) is 32.3. The molecule has 0 bridgehead atoms. The molecule has 0 radical (unpaired) electrons. The molecule has 0 fully saturated rings. The highest BCUT2D eigenvalue weighted by Crippen LogP contribution is 2.28. The molecule has 3 aromatic carbocycles. The number of aryl methyl sites for hydroxylation is 1. The summed E-state index contributed by atoms with van der Waals surface area (Å²) in [5.74, 6) is 0.715. The molecule has 0 saturated heterocycles. The number of H-pyrrole nitrogens is 1. The van der Waals surface area contributed by atoms with Crippen LogP contribution in [0.15, 0.2) is 79.3 Å². The second-order valence-electron chi connectivity index (χ2n) is 7.99. The number of ether oxygens (including phenoxy) is 1. The van der Waals surface area contributed by atoms with E-state index in [1.165, 1.54) is 0 Å². The smallest absolute Gasteiger partial charge is 0.248 e. The number of Topliss-reactive ketones (excluding diaryl/α,β-unsaturated/α-hetero) is 1. The number of hydrogen-bond donors (Lipinski definition) is 2. The molecule has 168 valence electrons. The molecule has 5 aromatic rings. The number of rotatable bonds is 7. The van der Waals surface area contributed by atoms with E-state index >= 15 is 0 Å². The van der Waals surface area contributed by atoms with Crippen molar-refractivity contribution >= 4 is 45.0 Å². The van der Waals surface area contributed by atoms with Gasteiger partial charge < -0.3 is 15.5 Å². The number of carbonyl (C=O) groups is 2. The molecule has 0 spiro atoms. The van der Waals surface area contributed by atoms with Gasteiger partial charge in [-0.05, 0) is 65.2 Å². The number of benzene rings is 3. The zero-order valence-corrected chi connectivity index (χ0v) is 18.8. The molecule has 34 heavy (non-hydrogen) atoms. The summed E-state index contributed by atoms with van der Waals surface area (Å²) in [7, 11) is 0. The molecule has 0 aliphatic heterocycles. The molecule has 0 atom stereocenters. The second kappa shape index (κ2) is 9.00. The number of aromatic amines is 1. The summed E-state index contributed by atoms with van der Waals surface area (Å²) in [5, 5.41) is 3.16. The van der Waals surface area contributed by atoms with Crippen molar-refractivity contribution in [1.29, 1.82) is 0 Å². The first kappa shape index (κ1) is 21.7. The van der Waals surface area contributed by atoms with Gasteiger partial charge in [-0.15, -0.1) is 0 Å². The Hall–Kier alpha value is -4.16. The molecule has 2 aromatic heterocycles. The minimum Gasteiger partial charge on any atom is -0.456 e. The summed E-state index contributed by atoms with van der Waals surface area (Å²) in [6.45, 7) is 0. The zero-order valence-electron chi connectivity index (χ0n) is 18.0. The fourth-order valence-corrected chi connectivity index (χ4v) is 4.26. The predicted octanol–water partition coefficient (Wildman–Crippen LogP) is 6.08. The predicted molar refractivity (Wildman–Crippen MR) is 133 cm³/mol. The van der Waals surface area contributed by atoms with Crippen molar-refractivity contribution in [3.05, 3.63) is 101 Å². The van der Waals surface area contributed by atoms with Crippen molar-refractivity contribution in [1.82, 2.24) is 9.97 Å². The lowest BCUT2D eigenvalue weighted by molar-refractivity contribution is 0.0975. The maximum absolute atomic E-state index is 13.1. The Kier molecular flexibility index (Phi) is 5.74. The average molecular weight is 470 g/mol. The van der Waals surface area contributed by atoms with Crippen molar-refractivity contribution in [3.8, 4) is 11.5 Å². The van der Waals surface area contributed by atoms with Crippen LogP contribution in [0.1, 0.15) is 32.7 Å². The van der Waals surface area contributed by atoms with E-state index < -0.39 is 5.91 Å². The lowest BCUT2D eigenvalue weighted by Gasteiger charge is -2.09. The minimum absolute atomic E-state index is 0.0289. The van der Waals surface area contributed by atoms with Gasteiger partial charge in [-0.1, -0.05) is 23.7 Å². The van der Waals surface area contributed by atoms with Crippen LogP contribution in [0.5, 0.6) is 11.5 Å². The highest BCUT2D eigenvalue weighted by atomic mass is 35.5. The molecule has 7 heteroatoms. The molecular formula is C27H20ClN3O3. The third kappa shape index (κ3) is 4.36. The lowest BCUT2D eigenvalue weighted by Crippen LogP contribution is -2.14. The van der Waals surface area contributed by atoms with E-state index in [0.717, 1.165) is 27.2 Å². The van der Waals surface area contributed by atoms with Crippen molar-refractivity contribution in [2.45, 2.75) is 12.8 Å². The fourth-order valence-electron chi connectivity index (χ4n) is 4.08. The van der Waals surface area contributed by atoms with E-state index in [1.54, 1.807) is 42.9 Å². The summed E-state index contributed by atoms with van der Waals surface area (Å²) in [5.41, 5.74) is 8.14. The number of carbonyl (C=O) groups excluding carboxylic acids is 2.